The molecule has 0 amide bonds. The Labute approximate surface area is 74.2 Å². The predicted molar refractivity (Wildman–Crippen MR) is 50.5 cm³/mol. The molecule has 0 saturated heterocycles. The lowest BCUT2D eigenvalue weighted by Crippen LogP contribution is -2.17. The molecule has 0 spiro atoms. The first-order valence-electron chi connectivity index (χ1n) is 4.50. The van der Waals surface area contributed by atoms with E-state index in [4.69, 9.17) is 0 Å². The molecule has 68 valence electrons. The van der Waals surface area contributed by atoms with Crippen molar-refractivity contribution in [2.24, 2.45) is 11.8 Å². The molecule has 1 rings (SSSR count). The molecule has 0 radical (unpaired) electrons. The van der Waals surface area contributed by atoms with E-state index in [-0.39, 0.29) is 5.83 Å². The topological polar surface area (TPSA) is 0 Å². The highest BCUT2D eigenvalue weighted by Gasteiger charge is 2.25. The minimum Gasteiger partial charge on any atom is -0.207 e. The zero-order valence-electron chi connectivity index (χ0n) is 8.53. The maximum atomic E-state index is 13.5. The maximum absolute atomic E-state index is 13.5. The van der Waals surface area contributed by atoms with Crippen LogP contribution < -0.4 is 0 Å². The number of halogens is 1. The number of allylic oxidation sites excluding steroid dienone is 4. The molecular weight excluding hydrogens is 151 g/mol. The monoisotopic (exact) mass is 168 g/mol. The Hall–Kier alpha value is -0.590. The van der Waals surface area contributed by atoms with E-state index in [1.54, 1.807) is 0 Å². The predicted octanol–water partition coefficient (Wildman–Crippen LogP) is 3.85. The molecule has 0 aliphatic heterocycles. The standard InChI is InChI=1S/C11H17F/c1-6-7(2)9(4)11(12)10(5)8(6)3/h6-7H,1-5H3/t6-,7?/m0/s1. The normalized spacial score (nSPS) is 31.5. The second-order valence-electron chi connectivity index (χ2n) is 3.88. The fraction of sp³-hybridized carbons (Fsp3) is 0.636. The average molecular weight is 168 g/mol. The van der Waals surface area contributed by atoms with Gasteiger partial charge in [-0.25, -0.2) is 4.39 Å². The third kappa shape index (κ3) is 1.21. The zero-order chi connectivity index (χ0) is 9.46. The van der Waals surface area contributed by atoms with Crippen molar-refractivity contribution in [2.75, 3.05) is 0 Å². The second kappa shape index (κ2) is 3.04. The van der Waals surface area contributed by atoms with Gasteiger partial charge in [0.2, 0.25) is 0 Å². The van der Waals surface area contributed by atoms with Gasteiger partial charge in [0.1, 0.15) is 5.83 Å². The lowest BCUT2D eigenvalue weighted by molar-refractivity contribution is 0.456. The van der Waals surface area contributed by atoms with Gasteiger partial charge in [0.25, 0.3) is 0 Å². The summed E-state index contributed by atoms with van der Waals surface area (Å²) in [5, 5.41) is 0. The van der Waals surface area contributed by atoms with E-state index in [2.05, 4.69) is 13.8 Å². The first-order valence-corrected chi connectivity index (χ1v) is 4.50. The second-order valence-corrected chi connectivity index (χ2v) is 3.88. The lowest BCUT2D eigenvalue weighted by atomic mass is 9.77. The van der Waals surface area contributed by atoms with Gasteiger partial charge in [0, 0.05) is 0 Å². The molecule has 1 unspecified atom stereocenters. The first-order chi connectivity index (χ1) is 5.46. The average Bonchev–Trinajstić information content (AvgIpc) is 2.08. The molecule has 0 aromatic rings. The van der Waals surface area contributed by atoms with Crippen LogP contribution >= 0.6 is 0 Å². The molecule has 1 aliphatic rings. The number of hydrogen-bond donors (Lipinski definition) is 0. The van der Waals surface area contributed by atoms with Gasteiger partial charge in [0.05, 0.1) is 0 Å². The molecule has 0 nitrogen and oxygen atoms in total. The van der Waals surface area contributed by atoms with Gasteiger partial charge < -0.3 is 0 Å². The van der Waals surface area contributed by atoms with E-state index in [1.807, 2.05) is 20.8 Å². The Morgan fingerprint density at radius 3 is 1.83 bits per heavy atom. The largest absolute Gasteiger partial charge is 0.207 e. The number of hydrogen-bond acceptors (Lipinski definition) is 0. The molecule has 0 fully saturated rings. The molecule has 1 aliphatic carbocycles. The van der Waals surface area contributed by atoms with Gasteiger partial charge in [0.15, 0.2) is 0 Å². The molecule has 0 saturated carbocycles. The van der Waals surface area contributed by atoms with E-state index in [0.717, 1.165) is 11.1 Å². The van der Waals surface area contributed by atoms with E-state index >= 15 is 0 Å². The van der Waals surface area contributed by atoms with E-state index in [9.17, 15) is 4.39 Å². The van der Waals surface area contributed by atoms with Gasteiger partial charge >= 0.3 is 0 Å². The molecule has 0 aromatic heterocycles. The fourth-order valence-corrected chi connectivity index (χ4v) is 1.76. The van der Waals surface area contributed by atoms with E-state index in [1.165, 1.54) is 5.57 Å². The highest BCUT2D eigenvalue weighted by Crippen LogP contribution is 2.38. The summed E-state index contributed by atoms with van der Waals surface area (Å²) in [5.74, 6) is 0.858. The van der Waals surface area contributed by atoms with Gasteiger partial charge in [-0.2, -0.15) is 0 Å². The maximum Gasteiger partial charge on any atom is 0.125 e. The Kier molecular flexibility index (Phi) is 2.41. The van der Waals surface area contributed by atoms with E-state index in [0.29, 0.717) is 11.8 Å². The number of rotatable bonds is 0. The summed E-state index contributed by atoms with van der Waals surface area (Å²) >= 11 is 0. The van der Waals surface area contributed by atoms with Crippen LogP contribution in [0, 0.1) is 11.8 Å². The van der Waals surface area contributed by atoms with E-state index < -0.39 is 0 Å². The highest BCUT2D eigenvalue weighted by atomic mass is 19.1. The quantitative estimate of drug-likeness (QED) is 0.515. The van der Waals surface area contributed by atoms with Crippen molar-refractivity contribution in [3.8, 4) is 0 Å². The first kappa shape index (κ1) is 9.50. The van der Waals surface area contributed by atoms with Crippen LogP contribution in [-0.4, -0.2) is 0 Å². The summed E-state index contributed by atoms with van der Waals surface area (Å²) in [7, 11) is 0. The van der Waals surface area contributed by atoms with Gasteiger partial charge in [-0.1, -0.05) is 19.4 Å². The Morgan fingerprint density at radius 2 is 1.33 bits per heavy atom. The summed E-state index contributed by atoms with van der Waals surface area (Å²) in [5.41, 5.74) is 2.95. The lowest BCUT2D eigenvalue weighted by Gasteiger charge is -2.28. The third-order valence-electron chi connectivity index (χ3n) is 3.38. The van der Waals surface area contributed by atoms with Crippen molar-refractivity contribution in [1.82, 2.24) is 0 Å². The van der Waals surface area contributed by atoms with Crippen molar-refractivity contribution in [1.29, 1.82) is 0 Å². The van der Waals surface area contributed by atoms with Crippen molar-refractivity contribution in [3.05, 3.63) is 22.5 Å². The van der Waals surface area contributed by atoms with Crippen LogP contribution in [-0.2, 0) is 0 Å². The molecule has 1 heteroatoms. The van der Waals surface area contributed by atoms with Crippen LogP contribution in [0.15, 0.2) is 22.5 Å². The summed E-state index contributed by atoms with van der Waals surface area (Å²) in [4.78, 5) is 0. The van der Waals surface area contributed by atoms with Gasteiger partial charge in [-0.3, -0.25) is 0 Å². The molecule has 0 aromatic carbocycles. The van der Waals surface area contributed by atoms with Crippen LogP contribution in [0.3, 0.4) is 0 Å². The third-order valence-corrected chi connectivity index (χ3v) is 3.38. The van der Waals surface area contributed by atoms with Crippen molar-refractivity contribution in [3.63, 3.8) is 0 Å². The zero-order valence-corrected chi connectivity index (χ0v) is 8.53. The van der Waals surface area contributed by atoms with Crippen LogP contribution in [0.25, 0.3) is 0 Å². The summed E-state index contributed by atoms with van der Waals surface area (Å²) in [6.07, 6.45) is 0. The highest BCUT2D eigenvalue weighted by molar-refractivity contribution is 5.38. The molecule has 0 N–H and O–H groups in total. The fourth-order valence-electron chi connectivity index (χ4n) is 1.76. The molecule has 2 atom stereocenters. The minimum atomic E-state index is 0.0121. The van der Waals surface area contributed by atoms with Crippen LogP contribution in [0.1, 0.15) is 34.6 Å². The SMILES string of the molecule is CC1=C(C)[C@@H](C)C(C)C(C)=C1F. The molecule has 0 bridgehead atoms. The molecule has 0 heterocycles. The van der Waals surface area contributed by atoms with Crippen LogP contribution in [0.4, 0.5) is 4.39 Å². The Morgan fingerprint density at radius 1 is 0.917 bits per heavy atom. The van der Waals surface area contributed by atoms with Crippen LogP contribution in [0.5, 0.6) is 0 Å². The Bertz CT molecular complexity index is 230. The van der Waals surface area contributed by atoms with Gasteiger partial charge in [-0.15, -0.1) is 0 Å². The van der Waals surface area contributed by atoms with Crippen molar-refractivity contribution < 1.29 is 4.39 Å². The minimum absolute atomic E-state index is 0.0121. The molecule has 12 heavy (non-hydrogen) atoms. The van der Waals surface area contributed by atoms with Crippen molar-refractivity contribution >= 4 is 0 Å². The summed E-state index contributed by atoms with van der Waals surface area (Å²) < 4.78 is 13.5. The summed E-state index contributed by atoms with van der Waals surface area (Å²) in [6, 6.07) is 0. The van der Waals surface area contributed by atoms with Crippen molar-refractivity contribution in [2.45, 2.75) is 34.6 Å². The smallest absolute Gasteiger partial charge is 0.125 e. The van der Waals surface area contributed by atoms with Gasteiger partial charge in [-0.05, 0) is 43.8 Å². The molecular formula is C11H17F. The summed E-state index contributed by atoms with van der Waals surface area (Å²) in [6.45, 7) is 10.1. The Balaban J connectivity index is 3.18. The van der Waals surface area contributed by atoms with Crippen LogP contribution in [0.2, 0.25) is 0 Å².